The zero-order valence-electron chi connectivity index (χ0n) is 11.2. The number of hydrogen-bond donors (Lipinski definition) is 1. The summed E-state index contributed by atoms with van der Waals surface area (Å²) in [4.78, 5) is 15.8. The Bertz CT molecular complexity index is 646. The fourth-order valence-electron chi connectivity index (χ4n) is 2.12. The highest BCUT2D eigenvalue weighted by Crippen LogP contribution is 2.33. The van der Waals surface area contributed by atoms with Gasteiger partial charge in [0, 0.05) is 0 Å². The minimum atomic E-state index is -0.494. The normalized spacial score (nSPS) is 12.6. The van der Waals surface area contributed by atoms with Crippen molar-refractivity contribution >= 4 is 22.8 Å². The fraction of sp³-hybridized carbons (Fsp3) is 0.455. The molecule has 7 nitrogen and oxygen atoms in total. The monoisotopic (exact) mass is 281 g/mol. The van der Waals surface area contributed by atoms with Crippen molar-refractivity contribution in [2.45, 2.75) is 33.7 Å². The summed E-state index contributed by atoms with van der Waals surface area (Å²) < 4.78 is 1.49. The Kier molecular flexibility index (Phi) is 3.27. The molecule has 0 spiro atoms. The average Bonchev–Trinajstić information content (AvgIpc) is 2.78. The van der Waals surface area contributed by atoms with E-state index in [-0.39, 0.29) is 17.5 Å². The Balaban J connectivity index is 2.51. The summed E-state index contributed by atoms with van der Waals surface area (Å²) >= 11 is 1.55. The van der Waals surface area contributed by atoms with Gasteiger partial charge >= 0.3 is 5.69 Å². The molecular weight excluding hydrogens is 266 g/mol. The minimum Gasteiger partial charge on any atom is -0.378 e. The second kappa shape index (κ2) is 4.61. The Morgan fingerprint density at radius 1 is 1.37 bits per heavy atom. The third-order valence-electron chi connectivity index (χ3n) is 2.96. The molecule has 2 N–H and O–H groups in total. The van der Waals surface area contributed by atoms with Gasteiger partial charge in [-0.25, -0.2) is 9.67 Å². The number of nitrogen functional groups attached to an aromatic ring is 1. The maximum Gasteiger partial charge on any atom is 0.333 e. The highest BCUT2D eigenvalue weighted by Gasteiger charge is 2.27. The molecule has 0 bridgehead atoms. The first-order chi connectivity index (χ1) is 8.82. The lowest BCUT2D eigenvalue weighted by molar-refractivity contribution is -0.384. The number of nitrogens with zero attached hydrogens (tertiary/aromatic N) is 4. The highest BCUT2D eigenvalue weighted by atomic mass is 32.1. The molecule has 0 aliphatic heterocycles. The predicted molar refractivity (Wildman–Crippen MR) is 73.4 cm³/mol. The second-order valence-corrected chi connectivity index (χ2v) is 5.61. The molecule has 0 aliphatic rings. The van der Waals surface area contributed by atoms with Crippen molar-refractivity contribution in [1.29, 1.82) is 0 Å². The molecule has 19 heavy (non-hydrogen) atoms. The molecule has 0 fully saturated rings. The van der Waals surface area contributed by atoms with Gasteiger partial charge in [0.1, 0.15) is 5.69 Å². The van der Waals surface area contributed by atoms with E-state index in [1.54, 1.807) is 18.3 Å². The molecule has 0 saturated carbocycles. The van der Waals surface area contributed by atoms with E-state index in [1.165, 1.54) is 4.68 Å². The lowest BCUT2D eigenvalue weighted by atomic mass is 10.2. The first-order valence-electron chi connectivity index (χ1n) is 5.75. The van der Waals surface area contributed by atoms with E-state index >= 15 is 0 Å². The number of rotatable bonds is 3. The predicted octanol–water partition coefficient (Wildman–Crippen LogP) is 2.36. The van der Waals surface area contributed by atoms with Crippen molar-refractivity contribution in [2.24, 2.45) is 0 Å². The lowest BCUT2D eigenvalue weighted by Gasteiger charge is -2.12. The first kappa shape index (κ1) is 13.5. The van der Waals surface area contributed by atoms with E-state index in [0.29, 0.717) is 5.69 Å². The van der Waals surface area contributed by atoms with E-state index < -0.39 is 4.92 Å². The van der Waals surface area contributed by atoms with Crippen LogP contribution >= 0.6 is 11.3 Å². The molecule has 8 heteroatoms. The summed E-state index contributed by atoms with van der Waals surface area (Å²) in [6.07, 6.45) is 0. The molecule has 0 aromatic carbocycles. The lowest BCUT2D eigenvalue weighted by Crippen LogP contribution is -2.11. The molecule has 1 unspecified atom stereocenters. The summed E-state index contributed by atoms with van der Waals surface area (Å²) in [5, 5.41) is 16.1. The van der Waals surface area contributed by atoms with Gasteiger partial charge in [-0.1, -0.05) is 0 Å². The van der Waals surface area contributed by atoms with Gasteiger partial charge in [-0.15, -0.1) is 11.3 Å². The van der Waals surface area contributed by atoms with Gasteiger partial charge in [-0.05, 0) is 27.7 Å². The smallest absolute Gasteiger partial charge is 0.333 e. The van der Waals surface area contributed by atoms with Crippen molar-refractivity contribution in [1.82, 2.24) is 14.8 Å². The maximum atomic E-state index is 10.9. The second-order valence-electron chi connectivity index (χ2n) is 4.38. The molecule has 0 amide bonds. The SMILES string of the molecule is Cc1nc(C)c(C(C)n2nc(C)c([N+](=O)[O-])c2N)s1. The number of aryl methyl sites for hydroxylation is 3. The van der Waals surface area contributed by atoms with Gasteiger partial charge in [-0.2, -0.15) is 5.10 Å². The van der Waals surface area contributed by atoms with Crippen LogP contribution < -0.4 is 5.73 Å². The van der Waals surface area contributed by atoms with Crippen LogP contribution in [0.3, 0.4) is 0 Å². The fourth-order valence-corrected chi connectivity index (χ4v) is 3.09. The van der Waals surface area contributed by atoms with Crippen LogP contribution in [0.4, 0.5) is 11.5 Å². The molecule has 2 rings (SSSR count). The quantitative estimate of drug-likeness (QED) is 0.687. The largest absolute Gasteiger partial charge is 0.378 e. The van der Waals surface area contributed by atoms with Crippen LogP contribution in [0.2, 0.25) is 0 Å². The Morgan fingerprint density at radius 3 is 2.42 bits per heavy atom. The van der Waals surface area contributed by atoms with E-state index in [2.05, 4.69) is 10.1 Å². The maximum absolute atomic E-state index is 10.9. The average molecular weight is 281 g/mol. The molecule has 2 heterocycles. The van der Waals surface area contributed by atoms with Gasteiger partial charge in [-0.3, -0.25) is 10.1 Å². The standard InChI is InChI=1S/C11H15N5O2S/c1-5-9(16(17)18)11(12)15(14-5)7(3)10-6(2)13-8(4)19-10/h7H,12H2,1-4H3. The van der Waals surface area contributed by atoms with Crippen molar-refractivity contribution in [2.75, 3.05) is 5.73 Å². The Labute approximate surface area is 114 Å². The highest BCUT2D eigenvalue weighted by molar-refractivity contribution is 7.11. The van der Waals surface area contributed by atoms with Crippen LogP contribution in [-0.2, 0) is 0 Å². The van der Waals surface area contributed by atoms with Crippen LogP contribution in [0.15, 0.2) is 0 Å². The van der Waals surface area contributed by atoms with E-state index in [0.717, 1.165) is 15.6 Å². The number of nitrogens with two attached hydrogens (primary N) is 1. The number of aromatic nitrogens is 3. The van der Waals surface area contributed by atoms with Crippen LogP contribution in [0.25, 0.3) is 0 Å². The van der Waals surface area contributed by atoms with Gasteiger partial charge < -0.3 is 5.73 Å². The van der Waals surface area contributed by atoms with E-state index in [9.17, 15) is 10.1 Å². The van der Waals surface area contributed by atoms with E-state index in [1.807, 2.05) is 20.8 Å². The molecular formula is C11H15N5O2S. The van der Waals surface area contributed by atoms with Crippen LogP contribution in [-0.4, -0.2) is 19.7 Å². The molecule has 0 radical (unpaired) electrons. The third-order valence-corrected chi connectivity index (χ3v) is 4.20. The van der Waals surface area contributed by atoms with Gasteiger partial charge in [0.15, 0.2) is 0 Å². The summed E-state index contributed by atoms with van der Waals surface area (Å²) in [6, 6.07) is -0.168. The van der Waals surface area contributed by atoms with Gasteiger partial charge in [0.25, 0.3) is 0 Å². The van der Waals surface area contributed by atoms with Crippen LogP contribution in [0.1, 0.15) is 34.2 Å². The molecule has 1 atom stereocenters. The van der Waals surface area contributed by atoms with Crippen molar-refractivity contribution in [3.05, 3.63) is 31.4 Å². The number of thiazole rings is 1. The van der Waals surface area contributed by atoms with Crippen LogP contribution in [0, 0.1) is 30.9 Å². The molecule has 2 aromatic rings. The van der Waals surface area contributed by atoms with Gasteiger partial charge in [0.2, 0.25) is 5.82 Å². The first-order valence-corrected chi connectivity index (χ1v) is 6.57. The summed E-state index contributed by atoms with van der Waals surface area (Å²) in [5.41, 5.74) is 6.96. The number of anilines is 1. The van der Waals surface area contributed by atoms with Crippen molar-refractivity contribution < 1.29 is 4.92 Å². The Morgan fingerprint density at radius 2 is 2.00 bits per heavy atom. The van der Waals surface area contributed by atoms with Crippen molar-refractivity contribution in [3.8, 4) is 0 Å². The molecule has 0 saturated heterocycles. The summed E-state index contributed by atoms with van der Waals surface area (Å²) in [7, 11) is 0. The summed E-state index contributed by atoms with van der Waals surface area (Å²) in [6.45, 7) is 7.33. The number of nitro groups is 1. The van der Waals surface area contributed by atoms with E-state index in [4.69, 9.17) is 5.73 Å². The van der Waals surface area contributed by atoms with Crippen molar-refractivity contribution in [3.63, 3.8) is 0 Å². The topological polar surface area (TPSA) is 99.9 Å². The third kappa shape index (κ3) is 2.19. The van der Waals surface area contributed by atoms with Gasteiger partial charge in [0.05, 0.1) is 26.5 Å². The molecule has 0 aliphatic carbocycles. The zero-order valence-corrected chi connectivity index (χ0v) is 12.0. The molecule has 102 valence electrons. The number of hydrogen-bond acceptors (Lipinski definition) is 6. The zero-order chi connectivity index (χ0) is 14.3. The molecule has 2 aromatic heterocycles. The minimum absolute atomic E-state index is 0.0838. The summed E-state index contributed by atoms with van der Waals surface area (Å²) in [5.74, 6) is 0.0838. The Hall–Kier alpha value is -1.96. The van der Waals surface area contributed by atoms with Crippen LogP contribution in [0.5, 0.6) is 0 Å².